The normalized spacial score (nSPS) is 14.6. The lowest BCUT2D eigenvalue weighted by atomic mass is 10.0. The second kappa shape index (κ2) is 7.75. The molecule has 0 bridgehead atoms. The summed E-state index contributed by atoms with van der Waals surface area (Å²) in [7, 11) is 0. The molecule has 5 nitrogen and oxygen atoms in total. The molecule has 0 unspecified atom stereocenters. The molecule has 1 aliphatic heterocycles. The van der Waals surface area contributed by atoms with E-state index in [0.717, 1.165) is 12.1 Å². The number of rotatable bonds is 5. The van der Waals surface area contributed by atoms with Crippen LogP contribution in [-0.4, -0.2) is 25.1 Å². The number of benzene rings is 2. The number of nitrogens with one attached hydrogen (secondary N) is 1. The number of hydrogen-bond acceptors (Lipinski definition) is 4. The number of esters is 1. The number of ether oxygens (including phenoxy) is 2. The minimum atomic E-state index is -4.48. The van der Waals surface area contributed by atoms with Gasteiger partial charge in [-0.3, -0.25) is 4.79 Å². The van der Waals surface area contributed by atoms with E-state index in [4.69, 9.17) is 9.47 Å². The van der Waals surface area contributed by atoms with Crippen LogP contribution in [0.3, 0.4) is 0 Å². The maximum absolute atomic E-state index is 12.8. The highest BCUT2D eigenvalue weighted by atomic mass is 19.4. The van der Waals surface area contributed by atoms with Gasteiger partial charge in [0.2, 0.25) is 0 Å². The molecule has 1 amide bonds. The van der Waals surface area contributed by atoms with Crippen LogP contribution >= 0.6 is 0 Å². The predicted octanol–water partition coefficient (Wildman–Crippen LogP) is 4.14. The number of alkyl halides is 3. The fourth-order valence-electron chi connectivity index (χ4n) is 2.69. The monoisotopic (exact) mass is 391 g/mol. The molecule has 1 N–H and O–H groups in total. The maximum atomic E-state index is 12.8. The van der Waals surface area contributed by atoms with E-state index >= 15 is 0 Å². The zero-order valence-corrected chi connectivity index (χ0v) is 14.8. The van der Waals surface area contributed by atoms with Gasteiger partial charge in [0, 0.05) is 16.8 Å². The number of hydrogen-bond donors (Lipinski definition) is 1. The first-order valence-electron chi connectivity index (χ1n) is 8.41. The summed E-state index contributed by atoms with van der Waals surface area (Å²) < 4.78 is 48.5. The molecule has 0 radical (unpaired) electrons. The largest absolute Gasteiger partial charge is 0.482 e. The first-order valence-corrected chi connectivity index (χ1v) is 8.41. The van der Waals surface area contributed by atoms with E-state index in [-0.39, 0.29) is 24.5 Å². The number of amides is 1. The molecule has 146 valence electrons. The fraction of sp³-hybridized carbons (Fsp3) is 0.200. The topological polar surface area (TPSA) is 64.6 Å². The Balaban J connectivity index is 1.77. The fourth-order valence-corrected chi connectivity index (χ4v) is 2.69. The van der Waals surface area contributed by atoms with Gasteiger partial charge in [0.1, 0.15) is 5.75 Å². The van der Waals surface area contributed by atoms with Crippen molar-refractivity contribution in [1.29, 1.82) is 0 Å². The van der Waals surface area contributed by atoms with Gasteiger partial charge in [-0.15, -0.1) is 0 Å². The lowest BCUT2D eigenvalue weighted by Crippen LogP contribution is -2.14. The lowest BCUT2D eigenvalue weighted by Gasteiger charge is -2.08. The van der Waals surface area contributed by atoms with E-state index < -0.39 is 23.6 Å². The van der Waals surface area contributed by atoms with Crippen molar-refractivity contribution in [2.24, 2.45) is 0 Å². The van der Waals surface area contributed by atoms with Crippen LogP contribution in [0.4, 0.5) is 18.9 Å². The van der Waals surface area contributed by atoms with Crippen LogP contribution in [0.2, 0.25) is 0 Å². The van der Waals surface area contributed by atoms with E-state index in [1.807, 2.05) is 0 Å². The summed E-state index contributed by atoms with van der Waals surface area (Å²) in [5.74, 6) is -0.510. The van der Waals surface area contributed by atoms with Crippen molar-refractivity contribution < 1.29 is 32.2 Å². The lowest BCUT2D eigenvalue weighted by molar-refractivity contribution is -0.145. The zero-order valence-electron chi connectivity index (χ0n) is 14.8. The molecule has 0 fully saturated rings. The molecule has 2 aromatic rings. The van der Waals surface area contributed by atoms with Crippen LogP contribution in [0.1, 0.15) is 23.6 Å². The van der Waals surface area contributed by atoms with Gasteiger partial charge in [0.05, 0.1) is 12.2 Å². The highest BCUT2D eigenvalue weighted by Crippen LogP contribution is 2.38. The number of carbonyl (C=O) groups is 2. The van der Waals surface area contributed by atoms with E-state index in [0.29, 0.717) is 16.9 Å². The summed E-state index contributed by atoms with van der Waals surface area (Å²) in [6.07, 6.45) is -2.91. The Morgan fingerprint density at radius 2 is 1.86 bits per heavy atom. The Kier molecular flexibility index (Phi) is 5.39. The van der Waals surface area contributed by atoms with Crippen LogP contribution in [0.15, 0.2) is 42.5 Å². The third-order valence-electron chi connectivity index (χ3n) is 3.98. The quantitative estimate of drug-likeness (QED) is 0.615. The van der Waals surface area contributed by atoms with Crippen LogP contribution in [0, 0.1) is 0 Å². The van der Waals surface area contributed by atoms with Crippen molar-refractivity contribution >= 4 is 29.2 Å². The minimum Gasteiger partial charge on any atom is -0.482 e. The summed E-state index contributed by atoms with van der Waals surface area (Å²) in [4.78, 5) is 23.4. The number of carbonyl (C=O) groups excluding carboxylic acids is 2. The molecule has 0 aliphatic carbocycles. The average Bonchev–Trinajstić information content (AvgIpc) is 2.95. The molecular formula is C20H16F3NO4. The first kappa shape index (κ1) is 19.5. The summed E-state index contributed by atoms with van der Waals surface area (Å²) in [6.45, 7) is 1.75. The van der Waals surface area contributed by atoms with Gasteiger partial charge in [0.25, 0.3) is 5.91 Å². The Hall–Kier alpha value is -3.29. The van der Waals surface area contributed by atoms with Gasteiger partial charge in [-0.25, -0.2) is 4.79 Å². The second-order valence-electron chi connectivity index (χ2n) is 5.93. The van der Waals surface area contributed by atoms with Crippen molar-refractivity contribution in [2.75, 3.05) is 18.5 Å². The number of anilines is 1. The van der Waals surface area contributed by atoms with Crippen molar-refractivity contribution in [2.45, 2.75) is 13.1 Å². The molecule has 3 rings (SSSR count). The molecule has 0 saturated carbocycles. The molecule has 8 heteroatoms. The van der Waals surface area contributed by atoms with Gasteiger partial charge < -0.3 is 14.8 Å². The van der Waals surface area contributed by atoms with E-state index in [9.17, 15) is 22.8 Å². The Morgan fingerprint density at radius 3 is 2.50 bits per heavy atom. The molecule has 1 aliphatic rings. The van der Waals surface area contributed by atoms with Crippen molar-refractivity contribution in [3.63, 3.8) is 0 Å². The smallest absolute Gasteiger partial charge is 0.416 e. The maximum Gasteiger partial charge on any atom is 0.416 e. The summed E-state index contributed by atoms with van der Waals surface area (Å²) in [5.41, 5.74) is 0.627. The molecule has 0 saturated heterocycles. The van der Waals surface area contributed by atoms with E-state index in [1.165, 1.54) is 6.07 Å². The molecule has 0 aromatic heterocycles. The van der Waals surface area contributed by atoms with Crippen LogP contribution < -0.4 is 10.1 Å². The van der Waals surface area contributed by atoms with Crippen molar-refractivity contribution in [3.05, 3.63) is 59.2 Å². The standard InChI is InChI=1S/C20H16F3NO4/c1-2-27-18(25)11-28-14-6-3-12(4-7-14)9-16-15-8-5-13(20(21,22)23)10-17(15)24-19(16)26/h3-10H,2,11H2,1H3,(H,24,26)/b16-9-. The average molecular weight is 391 g/mol. The van der Waals surface area contributed by atoms with Gasteiger partial charge >= 0.3 is 12.1 Å². The highest BCUT2D eigenvalue weighted by Gasteiger charge is 2.33. The zero-order chi connectivity index (χ0) is 20.3. The minimum absolute atomic E-state index is 0.125. The SMILES string of the molecule is CCOC(=O)COc1ccc(/C=C2\C(=O)Nc3cc(C(F)(F)F)ccc32)cc1. The highest BCUT2D eigenvalue weighted by molar-refractivity contribution is 6.34. The summed E-state index contributed by atoms with van der Waals surface area (Å²) in [6, 6.07) is 9.71. The van der Waals surface area contributed by atoms with Gasteiger partial charge in [-0.1, -0.05) is 18.2 Å². The Bertz CT molecular complexity index is 933. The Morgan fingerprint density at radius 1 is 1.14 bits per heavy atom. The molecular weight excluding hydrogens is 375 g/mol. The molecule has 1 heterocycles. The van der Waals surface area contributed by atoms with Crippen molar-refractivity contribution in [1.82, 2.24) is 0 Å². The molecule has 0 spiro atoms. The van der Waals surface area contributed by atoms with Gasteiger partial charge in [-0.05, 0) is 42.8 Å². The third-order valence-corrected chi connectivity index (χ3v) is 3.98. The van der Waals surface area contributed by atoms with Crippen LogP contribution in [0.25, 0.3) is 11.6 Å². The van der Waals surface area contributed by atoms with Crippen molar-refractivity contribution in [3.8, 4) is 5.75 Å². The van der Waals surface area contributed by atoms with Gasteiger partial charge in [-0.2, -0.15) is 13.2 Å². The summed E-state index contributed by atoms with van der Waals surface area (Å²) >= 11 is 0. The van der Waals surface area contributed by atoms with Crippen LogP contribution in [0.5, 0.6) is 5.75 Å². The summed E-state index contributed by atoms with van der Waals surface area (Å²) in [5, 5.41) is 2.45. The number of fused-ring (bicyclic) bond motifs is 1. The Labute approximate surface area is 158 Å². The number of halogens is 3. The third kappa shape index (κ3) is 4.33. The van der Waals surface area contributed by atoms with Crippen LogP contribution in [-0.2, 0) is 20.5 Å². The second-order valence-corrected chi connectivity index (χ2v) is 5.93. The van der Waals surface area contributed by atoms with E-state index in [1.54, 1.807) is 37.3 Å². The predicted molar refractivity (Wildman–Crippen MR) is 96.5 cm³/mol. The molecule has 2 aromatic carbocycles. The molecule has 28 heavy (non-hydrogen) atoms. The van der Waals surface area contributed by atoms with Gasteiger partial charge in [0.15, 0.2) is 6.61 Å². The molecule has 0 atom stereocenters. The first-order chi connectivity index (χ1) is 13.3. The van der Waals surface area contributed by atoms with E-state index in [2.05, 4.69) is 5.32 Å².